The number of nitrogens with zero attached hydrogens (tertiary/aromatic N) is 1. The van der Waals surface area contributed by atoms with E-state index in [1.807, 2.05) is 0 Å². The number of ether oxygens (including phenoxy) is 1. The van der Waals surface area contributed by atoms with Crippen LogP contribution in [0.5, 0.6) is 5.75 Å². The summed E-state index contributed by atoms with van der Waals surface area (Å²) in [5.41, 5.74) is -1.24. The maximum absolute atomic E-state index is 14.3. The highest BCUT2D eigenvalue weighted by molar-refractivity contribution is 7.92. The second-order valence-electron chi connectivity index (χ2n) is 6.88. The molecule has 0 fully saturated rings. The summed E-state index contributed by atoms with van der Waals surface area (Å²) in [6, 6.07) is 9.36. The Hall–Kier alpha value is -2.85. The summed E-state index contributed by atoms with van der Waals surface area (Å²) in [5, 5.41) is -0.0682. The molecule has 11 heteroatoms. The molecule has 0 unspecified atom stereocenters. The second-order valence-corrected chi connectivity index (χ2v) is 9.18. The van der Waals surface area contributed by atoms with E-state index in [1.54, 1.807) is 0 Å². The fraction of sp³-hybridized carbons (Fsp3) is 0.143. The van der Waals surface area contributed by atoms with E-state index in [0.717, 1.165) is 28.6 Å². The van der Waals surface area contributed by atoms with E-state index in [1.165, 1.54) is 24.3 Å². The maximum Gasteiger partial charge on any atom is 0.416 e. The molecule has 0 aromatic heterocycles. The van der Waals surface area contributed by atoms with Crippen LogP contribution in [0.3, 0.4) is 0 Å². The molecule has 3 aromatic rings. The summed E-state index contributed by atoms with van der Waals surface area (Å²) in [7, 11) is -4.42. The van der Waals surface area contributed by atoms with Crippen molar-refractivity contribution in [1.29, 1.82) is 0 Å². The van der Waals surface area contributed by atoms with Crippen molar-refractivity contribution in [2.75, 3.05) is 17.5 Å². The van der Waals surface area contributed by atoms with Crippen LogP contribution >= 0.6 is 11.6 Å². The van der Waals surface area contributed by atoms with E-state index in [2.05, 4.69) is 0 Å². The molecule has 0 atom stereocenters. The molecule has 1 aliphatic rings. The van der Waals surface area contributed by atoms with Gasteiger partial charge in [0.1, 0.15) is 12.4 Å². The van der Waals surface area contributed by atoms with Crippen molar-refractivity contribution in [1.82, 2.24) is 0 Å². The lowest BCUT2D eigenvalue weighted by molar-refractivity contribution is -0.137. The van der Waals surface area contributed by atoms with Crippen molar-refractivity contribution < 1.29 is 35.1 Å². The Kier molecular flexibility index (Phi) is 5.54. The fourth-order valence-corrected chi connectivity index (χ4v) is 5.04. The Morgan fingerprint density at radius 3 is 2.47 bits per heavy atom. The molecular weight excluding hydrogens is 477 g/mol. The molecule has 3 aromatic carbocycles. The van der Waals surface area contributed by atoms with E-state index in [9.17, 15) is 30.4 Å². The molecule has 0 radical (unpaired) electrons. The van der Waals surface area contributed by atoms with E-state index < -0.39 is 38.3 Å². The number of halogens is 6. The first-order valence-electron chi connectivity index (χ1n) is 9.10. The highest BCUT2D eigenvalue weighted by Crippen LogP contribution is 2.40. The summed E-state index contributed by atoms with van der Waals surface area (Å²) in [4.78, 5) is -0.564. The first-order valence-corrected chi connectivity index (χ1v) is 10.9. The van der Waals surface area contributed by atoms with Gasteiger partial charge in [0.15, 0.2) is 11.6 Å². The van der Waals surface area contributed by atoms with Crippen LogP contribution < -0.4 is 9.04 Å². The first-order chi connectivity index (χ1) is 15.0. The predicted octanol–water partition coefficient (Wildman–Crippen LogP) is 5.89. The van der Waals surface area contributed by atoms with Crippen molar-refractivity contribution >= 4 is 27.3 Å². The van der Waals surface area contributed by atoms with E-state index in [4.69, 9.17) is 16.3 Å². The van der Waals surface area contributed by atoms with Gasteiger partial charge in [0.2, 0.25) is 0 Å². The number of benzene rings is 3. The third-order valence-corrected chi connectivity index (χ3v) is 6.86. The zero-order chi connectivity index (χ0) is 23.3. The summed E-state index contributed by atoms with van der Waals surface area (Å²) >= 11 is 5.82. The van der Waals surface area contributed by atoms with Crippen molar-refractivity contribution in [3.63, 3.8) is 0 Å². The van der Waals surface area contributed by atoms with Crippen LogP contribution in [-0.2, 0) is 16.2 Å². The highest BCUT2D eigenvalue weighted by atomic mass is 35.5. The molecule has 168 valence electrons. The van der Waals surface area contributed by atoms with Crippen molar-refractivity contribution in [3.8, 4) is 16.9 Å². The Labute approximate surface area is 184 Å². The zero-order valence-corrected chi connectivity index (χ0v) is 17.5. The van der Waals surface area contributed by atoms with Crippen LogP contribution in [0.15, 0.2) is 59.5 Å². The molecule has 4 rings (SSSR count). The average molecular weight is 490 g/mol. The number of fused-ring (bicyclic) bond motifs is 1. The van der Waals surface area contributed by atoms with Crippen LogP contribution in [0.2, 0.25) is 5.02 Å². The monoisotopic (exact) mass is 489 g/mol. The Balaban J connectivity index is 1.83. The van der Waals surface area contributed by atoms with E-state index in [-0.39, 0.29) is 40.7 Å². The second kappa shape index (κ2) is 7.93. The van der Waals surface area contributed by atoms with Gasteiger partial charge in [-0.3, -0.25) is 4.31 Å². The molecule has 0 N–H and O–H groups in total. The van der Waals surface area contributed by atoms with Gasteiger partial charge in [-0.15, -0.1) is 0 Å². The molecule has 32 heavy (non-hydrogen) atoms. The lowest BCUT2D eigenvalue weighted by Gasteiger charge is -2.31. The summed E-state index contributed by atoms with van der Waals surface area (Å²) in [5.74, 6) is -2.24. The minimum atomic E-state index is -4.73. The highest BCUT2D eigenvalue weighted by Gasteiger charge is 2.35. The minimum absolute atomic E-state index is 0.0223. The SMILES string of the molecule is O=S(=O)(c1cccc(C(F)(F)F)c1)N1CCOc2ccc(-c3cc(Cl)cc(F)c3F)cc21. The largest absolute Gasteiger partial charge is 0.489 e. The molecule has 1 aliphatic heterocycles. The fourth-order valence-electron chi connectivity index (χ4n) is 3.34. The predicted molar refractivity (Wildman–Crippen MR) is 108 cm³/mol. The Bertz CT molecular complexity index is 1310. The van der Waals surface area contributed by atoms with Crippen LogP contribution in [-0.4, -0.2) is 21.6 Å². The maximum atomic E-state index is 14.3. The molecule has 0 aliphatic carbocycles. The number of hydrogen-bond acceptors (Lipinski definition) is 3. The minimum Gasteiger partial charge on any atom is -0.489 e. The molecular formula is C21H13ClF5NO3S. The number of rotatable bonds is 3. The van der Waals surface area contributed by atoms with Gasteiger partial charge in [-0.1, -0.05) is 23.7 Å². The summed E-state index contributed by atoms with van der Waals surface area (Å²) in [6.07, 6.45) is -4.73. The van der Waals surface area contributed by atoms with Gasteiger partial charge in [0.05, 0.1) is 22.7 Å². The summed E-state index contributed by atoms with van der Waals surface area (Å²) < 4.78 is 100. The van der Waals surface area contributed by atoms with Gasteiger partial charge in [0.25, 0.3) is 10.0 Å². The lowest BCUT2D eigenvalue weighted by Crippen LogP contribution is -2.38. The molecule has 0 spiro atoms. The molecule has 0 amide bonds. The van der Waals surface area contributed by atoms with Crippen LogP contribution in [0.25, 0.3) is 11.1 Å². The van der Waals surface area contributed by atoms with Gasteiger partial charge in [-0.25, -0.2) is 17.2 Å². The lowest BCUT2D eigenvalue weighted by atomic mass is 10.0. The smallest absolute Gasteiger partial charge is 0.416 e. The Morgan fingerprint density at radius 1 is 1.00 bits per heavy atom. The number of alkyl halides is 3. The standard InChI is InChI=1S/C21H13ClF5NO3S/c22-14-10-16(20(24)17(23)11-14)12-4-5-19-18(8-12)28(6-7-31-19)32(29,30)15-3-1-2-13(9-15)21(25,26)27/h1-5,8-11H,6-7H2. The summed E-state index contributed by atoms with van der Waals surface area (Å²) in [6.45, 7) is -0.244. The topological polar surface area (TPSA) is 46.6 Å². The molecule has 0 bridgehead atoms. The van der Waals surface area contributed by atoms with Gasteiger partial charge in [-0.2, -0.15) is 13.2 Å². The zero-order valence-electron chi connectivity index (χ0n) is 16.0. The normalized spacial score (nSPS) is 14.1. The van der Waals surface area contributed by atoms with E-state index >= 15 is 0 Å². The molecule has 4 nitrogen and oxygen atoms in total. The average Bonchev–Trinajstić information content (AvgIpc) is 2.75. The van der Waals surface area contributed by atoms with Crippen LogP contribution in [0.1, 0.15) is 5.56 Å². The van der Waals surface area contributed by atoms with Crippen LogP contribution in [0, 0.1) is 11.6 Å². The first kappa shape index (κ1) is 22.3. The van der Waals surface area contributed by atoms with Gasteiger partial charge >= 0.3 is 6.18 Å². The quantitative estimate of drug-likeness (QED) is 0.340. The van der Waals surface area contributed by atoms with E-state index in [0.29, 0.717) is 6.07 Å². The van der Waals surface area contributed by atoms with Crippen molar-refractivity contribution in [2.24, 2.45) is 0 Å². The third kappa shape index (κ3) is 4.00. The van der Waals surface area contributed by atoms with Crippen molar-refractivity contribution in [3.05, 3.63) is 76.8 Å². The molecule has 0 saturated carbocycles. The van der Waals surface area contributed by atoms with Crippen molar-refractivity contribution in [2.45, 2.75) is 11.1 Å². The molecule has 1 heterocycles. The van der Waals surface area contributed by atoms with Gasteiger partial charge < -0.3 is 4.74 Å². The van der Waals surface area contributed by atoms with Gasteiger partial charge in [-0.05, 0) is 48.0 Å². The Morgan fingerprint density at radius 2 is 1.75 bits per heavy atom. The number of sulfonamides is 1. The van der Waals surface area contributed by atoms with Crippen LogP contribution in [0.4, 0.5) is 27.6 Å². The van der Waals surface area contributed by atoms with Gasteiger partial charge in [0, 0.05) is 10.6 Å². The molecule has 0 saturated heterocycles. The number of anilines is 1. The number of hydrogen-bond donors (Lipinski definition) is 0. The third-order valence-electron chi connectivity index (χ3n) is 4.83.